The van der Waals surface area contributed by atoms with E-state index in [0.29, 0.717) is 23.6 Å². The van der Waals surface area contributed by atoms with E-state index in [2.05, 4.69) is 15.6 Å². The minimum absolute atomic E-state index is 0. The molecule has 0 spiro atoms. The highest BCUT2D eigenvalue weighted by Crippen LogP contribution is 2.29. The first kappa shape index (κ1) is 23.7. The largest absolute Gasteiger partial charge is 0.416 e. The van der Waals surface area contributed by atoms with Crippen LogP contribution in [0, 0.1) is 10.1 Å². The lowest BCUT2D eigenvalue weighted by molar-refractivity contribution is -0.385. The van der Waals surface area contributed by atoms with Crippen LogP contribution in [0.15, 0.2) is 53.5 Å². The second-order valence-corrected chi connectivity index (χ2v) is 5.63. The molecule has 0 amide bonds. The van der Waals surface area contributed by atoms with Crippen LogP contribution in [0.4, 0.5) is 18.9 Å². The van der Waals surface area contributed by atoms with Gasteiger partial charge in [-0.25, -0.2) is 4.99 Å². The summed E-state index contributed by atoms with van der Waals surface area (Å²) >= 11 is 0. The Kier molecular flexibility index (Phi) is 9.16. The Morgan fingerprint density at radius 1 is 1.11 bits per heavy atom. The molecule has 2 aromatic carbocycles. The maximum Gasteiger partial charge on any atom is 0.416 e. The molecule has 0 atom stereocenters. The van der Waals surface area contributed by atoms with E-state index in [9.17, 15) is 23.3 Å². The smallest absolute Gasteiger partial charge is 0.357 e. The molecule has 6 nitrogen and oxygen atoms in total. The lowest BCUT2D eigenvalue weighted by Gasteiger charge is -2.12. The van der Waals surface area contributed by atoms with Crippen LogP contribution in [0.25, 0.3) is 0 Å². The number of benzene rings is 2. The molecule has 0 aliphatic heterocycles. The van der Waals surface area contributed by atoms with E-state index in [-0.39, 0.29) is 42.8 Å². The average molecular weight is 508 g/mol. The van der Waals surface area contributed by atoms with E-state index in [1.165, 1.54) is 18.2 Å². The molecule has 0 bridgehead atoms. The monoisotopic (exact) mass is 508 g/mol. The minimum atomic E-state index is -4.37. The van der Waals surface area contributed by atoms with Gasteiger partial charge in [0.1, 0.15) is 0 Å². The summed E-state index contributed by atoms with van der Waals surface area (Å²) in [5, 5.41) is 17.0. The third kappa shape index (κ3) is 6.98. The van der Waals surface area contributed by atoms with E-state index < -0.39 is 16.7 Å². The molecule has 0 fully saturated rings. The number of halogens is 4. The summed E-state index contributed by atoms with van der Waals surface area (Å²) in [5.74, 6) is 0.413. The molecule has 152 valence electrons. The number of nitro groups is 1. The predicted molar refractivity (Wildman–Crippen MR) is 112 cm³/mol. The fourth-order valence-corrected chi connectivity index (χ4v) is 2.33. The van der Waals surface area contributed by atoms with Gasteiger partial charge in [-0.05, 0) is 24.6 Å². The molecule has 2 N–H and O–H groups in total. The molecule has 2 aromatic rings. The first-order valence-electron chi connectivity index (χ1n) is 8.22. The highest BCUT2D eigenvalue weighted by molar-refractivity contribution is 14.0. The van der Waals surface area contributed by atoms with Gasteiger partial charge in [0, 0.05) is 24.7 Å². The predicted octanol–water partition coefficient (Wildman–Crippen LogP) is 4.49. The molecule has 28 heavy (non-hydrogen) atoms. The lowest BCUT2D eigenvalue weighted by Crippen LogP contribution is -2.36. The third-order valence-corrected chi connectivity index (χ3v) is 3.68. The summed E-state index contributed by atoms with van der Waals surface area (Å²) in [4.78, 5) is 14.9. The maximum absolute atomic E-state index is 12.6. The van der Waals surface area contributed by atoms with Gasteiger partial charge in [-0.15, -0.1) is 24.0 Å². The van der Waals surface area contributed by atoms with Crippen molar-refractivity contribution in [2.45, 2.75) is 26.2 Å². The number of guanidine groups is 1. The van der Waals surface area contributed by atoms with Crippen LogP contribution < -0.4 is 10.6 Å². The van der Waals surface area contributed by atoms with Gasteiger partial charge in [-0.2, -0.15) is 13.2 Å². The molecule has 0 unspecified atom stereocenters. The average Bonchev–Trinajstić information content (AvgIpc) is 2.63. The maximum atomic E-state index is 12.6. The number of hydrogen-bond acceptors (Lipinski definition) is 3. The van der Waals surface area contributed by atoms with E-state index in [1.54, 1.807) is 18.2 Å². The van der Waals surface area contributed by atoms with Gasteiger partial charge >= 0.3 is 6.18 Å². The Bertz CT molecular complexity index is 811. The number of nitrogens with one attached hydrogen (secondary N) is 2. The van der Waals surface area contributed by atoms with Gasteiger partial charge in [-0.1, -0.05) is 30.3 Å². The Balaban J connectivity index is 0.00000392. The van der Waals surface area contributed by atoms with Crippen molar-refractivity contribution in [2.24, 2.45) is 4.99 Å². The van der Waals surface area contributed by atoms with E-state index in [1.807, 2.05) is 6.92 Å². The molecule has 0 aromatic heterocycles. The normalized spacial score (nSPS) is 11.5. The molecule has 0 aliphatic carbocycles. The Labute approximate surface area is 177 Å². The zero-order valence-corrected chi connectivity index (χ0v) is 17.3. The highest BCUT2D eigenvalue weighted by atomic mass is 127. The van der Waals surface area contributed by atoms with Crippen LogP contribution in [-0.4, -0.2) is 17.4 Å². The van der Waals surface area contributed by atoms with Crippen LogP contribution in [-0.2, 0) is 19.3 Å². The number of alkyl halides is 3. The van der Waals surface area contributed by atoms with Gasteiger partial charge in [-0.3, -0.25) is 10.1 Å². The topological polar surface area (TPSA) is 79.6 Å². The molecule has 0 radical (unpaired) electrons. The Hall–Kier alpha value is -2.37. The fraction of sp³-hybridized carbons (Fsp3) is 0.278. The molecule has 0 saturated carbocycles. The zero-order chi connectivity index (χ0) is 19.9. The second-order valence-electron chi connectivity index (χ2n) is 5.63. The number of nitrogens with zero attached hydrogens (tertiary/aromatic N) is 2. The Morgan fingerprint density at radius 2 is 1.75 bits per heavy atom. The van der Waals surface area contributed by atoms with Crippen LogP contribution in [0.2, 0.25) is 0 Å². The summed E-state index contributed by atoms with van der Waals surface area (Å²) in [7, 11) is 0. The number of nitro benzene ring substituents is 1. The van der Waals surface area contributed by atoms with Crippen molar-refractivity contribution in [3.05, 3.63) is 75.3 Å². The summed E-state index contributed by atoms with van der Waals surface area (Å²) in [6.07, 6.45) is -4.37. The molecule has 0 aliphatic rings. The van der Waals surface area contributed by atoms with E-state index in [0.717, 1.165) is 12.1 Å². The second kappa shape index (κ2) is 10.8. The SMILES string of the molecule is CCNC(=NCc1ccc(C(F)(F)F)cc1)NCc1ccccc1[N+](=O)[O-].I. The number of hydrogen-bond donors (Lipinski definition) is 2. The van der Waals surface area contributed by atoms with Crippen molar-refractivity contribution in [2.75, 3.05) is 6.54 Å². The summed E-state index contributed by atoms with van der Waals surface area (Å²) in [6.45, 7) is 2.79. The van der Waals surface area contributed by atoms with Gasteiger partial charge in [0.25, 0.3) is 5.69 Å². The first-order chi connectivity index (χ1) is 12.8. The van der Waals surface area contributed by atoms with Gasteiger partial charge < -0.3 is 10.6 Å². The van der Waals surface area contributed by atoms with E-state index >= 15 is 0 Å². The van der Waals surface area contributed by atoms with Crippen molar-refractivity contribution in [3.63, 3.8) is 0 Å². The first-order valence-corrected chi connectivity index (χ1v) is 8.22. The molecule has 10 heteroatoms. The standard InChI is InChI=1S/C18H19F3N4O2.HI/c1-2-22-17(24-12-14-5-3-4-6-16(14)25(26)27)23-11-13-7-9-15(10-8-13)18(19,20)21;/h3-10H,2,11-12H2,1H3,(H2,22,23,24);1H. The van der Waals surface area contributed by atoms with Crippen molar-refractivity contribution in [1.82, 2.24) is 10.6 Å². The van der Waals surface area contributed by atoms with Crippen LogP contribution in [0.5, 0.6) is 0 Å². The minimum Gasteiger partial charge on any atom is -0.357 e. The van der Waals surface area contributed by atoms with Crippen molar-refractivity contribution in [1.29, 1.82) is 0 Å². The third-order valence-electron chi connectivity index (χ3n) is 3.68. The van der Waals surface area contributed by atoms with Crippen LogP contribution in [0.3, 0.4) is 0 Å². The van der Waals surface area contributed by atoms with Crippen LogP contribution in [0.1, 0.15) is 23.6 Å². The number of rotatable bonds is 6. The van der Waals surface area contributed by atoms with Crippen molar-refractivity contribution >= 4 is 35.6 Å². The summed E-state index contributed by atoms with van der Waals surface area (Å²) in [6, 6.07) is 11.1. The fourth-order valence-electron chi connectivity index (χ4n) is 2.33. The number of aliphatic imine (C=N–C) groups is 1. The van der Waals surface area contributed by atoms with Crippen LogP contribution >= 0.6 is 24.0 Å². The molecule has 0 heterocycles. The molecule has 2 rings (SSSR count). The van der Waals surface area contributed by atoms with Crippen molar-refractivity contribution < 1.29 is 18.1 Å². The number of para-hydroxylation sites is 1. The summed E-state index contributed by atoms with van der Waals surface area (Å²) in [5.41, 5.74) is 0.411. The lowest BCUT2D eigenvalue weighted by atomic mass is 10.1. The summed E-state index contributed by atoms with van der Waals surface area (Å²) < 4.78 is 37.8. The molecular formula is C18H20F3IN4O2. The van der Waals surface area contributed by atoms with Gasteiger partial charge in [0.15, 0.2) is 5.96 Å². The van der Waals surface area contributed by atoms with Gasteiger partial charge in [0.2, 0.25) is 0 Å². The quantitative estimate of drug-likeness (QED) is 0.198. The Morgan fingerprint density at radius 3 is 2.32 bits per heavy atom. The molecular weight excluding hydrogens is 488 g/mol. The van der Waals surface area contributed by atoms with Crippen molar-refractivity contribution in [3.8, 4) is 0 Å². The van der Waals surface area contributed by atoms with E-state index in [4.69, 9.17) is 0 Å². The highest BCUT2D eigenvalue weighted by Gasteiger charge is 2.29. The zero-order valence-electron chi connectivity index (χ0n) is 15.0. The molecule has 0 saturated heterocycles. The van der Waals surface area contributed by atoms with Gasteiger partial charge in [0.05, 0.1) is 17.0 Å².